The molecule has 1 aliphatic rings. The number of aromatic nitrogens is 2. The average molecular weight is 455 g/mol. The number of nitrogen functional groups attached to an aromatic ring is 2. The molecule has 2 aromatic rings. The molecule has 1 aromatic heterocycles. The molecule has 5 N–H and O–H groups in total. The van der Waals surface area contributed by atoms with E-state index in [1.54, 1.807) is 30.8 Å². The molecule has 11 nitrogen and oxygen atoms in total. The van der Waals surface area contributed by atoms with Gasteiger partial charge in [0.1, 0.15) is 6.54 Å². The van der Waals surface area contributed by atoms with Crippen molar-refractivity contribution < 1.29 is 23.8 Å². The second-order valence-corrected chi connectivity index (χ2v) is 8.63. The summed E-state index contributed by atoms with van der Waals surface area (Å²) < 4.78 is 1.78. The van der Waals surface area contributed by atoms with Crippen LogP contribution in [0.15, 0.2) is 29.3 Å². The molecule has 0 fully saturated rings. The van der Waals surface area contributed by atoms with Gasteiger partial charge in [0.2, 0.25) is 0 Å². The molecule has 1 aromatic carbocycles. The summed E-state index contributed by atoms with van der Waals surface area (Å²) in [6.45, 7) is 5.43. The van der Waals surface area contributed by atoms with Crippen molar-refractivity contribution in [1.82, 2.24) is 9.97 Å². The van der Waals surface area contributed by atoms with Crippen LogP contribution in [0.1, 0.15) is 23.2 Å². The molecule has 33 heavy (non-hydrogen) atoms. The first kappa shape index (κ1) is 23.8. The highest BCUT2D eigenvalue weighted by Gasteiger charge is 2.29. The standard InChI is InChI=1S/C22H28N8O3/c1-28(12-15-13-29(2)20-18(25-15)19(23)26-22(24)27-20)16-9-7-14(8-10-16)21(33)30(3,4)11-5-6-17(31)32/h7-10H,2,5-6,11-13H2,1,3-4H3,(H3-2,23,24,26,27,31,32)/p+2. The molecule has 2 heterocycles. The summed E-state index contributed by atoms with van der Waals surface area (Å²) in [6.07, 6.45) is 0.481. The number of aliphatic carboxylic acids is 1. The summed E-state index contributed by atoms with van der Waals surface area (Å²) in [7, 11) is 5.50. The molecule has 0 unspecified atom stereocenters. The Morgan fingerprint density at radius 1 is 1.21 bits per heavy atom. The summed E-state index contributed by atoms with van der Waals surface area (Å²) in [5.41, 5.74) is 14.4. The Labute approximate surface area is 192 Å². The fourth-order valence-electron chi connectivity index (χ4n) is 3.68. The zero-order valence-electron chi connectivity index (χ0n) is 19.2. The van der Waals surface area contributed by atoms with Crippen LogP contribution in [0, 0.1) is 0 Å². The summed E-state index contributed by atoms with van der Waals surface area (Å²) in [5, 5.41) is 8.82. The molecular weight excluding hydrogens is 424 g/mol. The van der Waals surface area contributed by atoms with E-state index in [1.165, 1.54) is 0 Å². The number of hydrogen-bond donors (Lipinski definition) is 3. The number of aliphatic imine (C=N–C) groups is 1. The van der Waals surface area contributed by atoms with E-state index in [4.69, 9.17) is 16.6 Å². The minimum atomic E-state index is -0.859. The number of benzene rings is 1. The van der Waals surface area contributed by atoms with Gasteiger partial charge in [-0.25, -0.2) is 14.4 Å². The lowest BCUT2D eigenvalue weighted by Crippen LogP contribution is -2.46. The summed E-state index contributed by atoms with van der Waals surface area (Å²) >= 11 is 0. The van der Waals surface area contributed by atoms with Crippen LogP contribution in [0.4, 0.5) is 29.0 Å². The number of carboxylic acid groups (broad SMARTS) is 1. The monoisotopic (exact) mass is 454 g/mol. The number of hydrogen-bond acceptors (Lipinski definition) is 8. The van der Waals surface area contributed by atoms with Gasteiger partial charge in [-0.05, 0) is 24.3 Å². The Kier molecular flexibility index (Phi) is 6.73. The predicted octanol–water partition coefficient (Wildman–Crippen LogP) is 1.29. The number of carbonyl (C=O) groups is 2. The van der Waals surface area contributed by atoms with Crippen molar-refractivity contribution in [2.75, 3.05) is 57.1 Å². The first-order chi connectivity index (χ1) is 15.5. The number of quaternary nitrogens is 1. The van der Waals surface area contributed by atoms with Gasteiger partial charge in [0.05, 0.1) is 51.6 Å². The van der Waals surface area contributed by atoms with E-state index in [-0.39, 0.29) is 28.6 Å². The molecule has 3 rings (SSSR count). The Bertz CT molecular complexity index is 1130. The number of carboxylic acids is 1. The van der Waals surface area contributed by atoms with Gasteiger partial charge in [0.15, 0.2) is 11.5 Å². The molecule has 0 spiro atoms. The van der Waals surface area contributed by atoms with Crippen molar-refractivity contribution >= 4 is 53.3 Å². The maximum Gasteiger partial charge on any atom is 0.357 e. The maximum absolute atomic E-state index is 12.9. The SMILES string of the molecule is C=[N+]1CC(CN(C)c2ccc(C(=O)[N+](C)(C)CCCC(=O)O)cc2)=Nc2c(N)nc(N)nc21. The number of anilines is 3. The highest BCUT2D eigenvalue weighted by Crippen LogP contribution is 2.33. The molecule has 11 heteroatoms. The maximum atomic E-state index is 12.9. The van der Waals surface area contributed by atoms with E-state index in [2.05, 4.69) is 21.7 Å². The summed E-state index contributed by atoms with van der Waals surface area (Å²) in [4.78, 5) is 38.4. The summed E-state index contributed by atoms with van der Waals surface area (Å²) in [6, 6.07) is 7.32. The molecule has 0 saturated carbocycles. The van der Waals surface area contributed by atoms with Crippen LogP contribution in [0.2, 0.25) is 0 Å². The fourth-order valence-corrected chi connectivity index (χ4v) is 3.68. The van der Waals surface area contributed by atoms with Gasteiger partial charge >= 0.3 is 23.6 Å². The lowest BCUT2D eigenvalue weighted by atomic mass is 10.1. The van der Waals surface area contributed by atoms with Gasteiger partial charge in [-0.15, -0.1) is 0 Å². The fraction of sp³-hybridized carbons (Fsp3) is 0.364. The molecule has 174 valence electrons. The number of carbonyl (C=O) groups excluding carboxylic acids is 1. The normalized spacial score (nSPS) is 13.3. The predicted molar refractivity (Wildman–Crippen MR) is 128 cm³/mol. The van der Waals surface area contributed by atoms with E-state index >= 15 is 0 Å². The minimum absolute atomic E-state index is 0.0446. The van der Waals surface area contributed by atoms with Gasteiger partial charge in [0.25, 0.3) is 0 Å². The molecule has 1 amide bonds. The molecule has 0 radical (unpaired) electrons. The van der Waals surface area contributed by atoms with Gasteiger partial charge in [0, 0.05) is 24.1 Å². The van der Waals surface area contributed by atoms with E-state index in [0.717, 1.165) is 11.4 Å². The quantitative estimate of drug-likeness (QED) is 0.399. The third kappa shape index (κ3) is 5.50. The number of nitrogens with zero attached hydrogens (tertiary/aromatic N) is 6. The second-order valence-electron chi connectivity index (χ2n) is 8.63. The molecule has 1 aliphatic heterocycles. The Morgan fingerprint density at radius 3 is 2.52 bits per heavy atom. The Hall–Kier alpha value is -3.86. The van der Waals surface area contributed by atoms with Crippen LogP contribution in [0.5, 0.6) is 0 Å². The van der Waals surface area contributed by atoms with Crippen molar-refractivity contribution in [2.24, 2.45) is 4.99 Å². The van der Waals surface area contributed by atoms with Gasteiger partial charge in [-0.2, -0.15) is 4.98 Å². The lowest BCUT2D eigenvalue weighted by molar-refractivity contribution is -0.807. The van der Waals surface area contributed by atoms with Gasteiger partial charge in [-0.3, -0.25) is 9.28 Å². The largest absolute Gasteiger partial charge is 0.481 e. The van der Waals surface area contributed by atoms with Crippen LogP contribution in [0.25, 0.3) is 0 Å². The van der Waals surface area contributed by atoms with Crippen molar-refractivity contribution in [3.63, 3.8) is 0 Å². The topological polar surface area (TPSA) is 151 Å². The number of rotatable bonds is 8. The minimum Gasteiger partial charge on any atom is -0.481 e. The number of fused-ring (bicyclic) bond motifs is 1. The Balaban J connectivity index is 1.70. The molecule has 0 saturated heterocycles. The smallest absolute Gasteiger partial charge is 0.357 e. The molecule has 0 atom stereocenters. The first-order valence-electron chi connectivity index (χ1n) is 10.5. The molecular formula is C22H30N8O3+2. The number of amides is 1. The third-order valence-electron chi connectivity index (χ3n) is 5.48. The van der Waals surface area contributed by atoms with Crippen molar-refractivity contribution in [2.45, 2.75) is 12.8 Å². The van der Waals surface area contributed by atoms with Gasteiger partial charge < -0.3 is 21.5 Å². The van der Waals surface area contributed by atoms with Gasteiger partial charge in [-0.1, -0.05) is 0 Å². The molecule has 0 bridgehead atoms. The Morgan fingerprint density at radius 2 is 1.88 bits per heavy atom. The van der Waals surface area contributed by atoms with Crippen LogP contribution < -0.4 is 16.4 Å². The lowest BCUT2D eigenvalue weighted by Gasteiger charge is -2.27. The van der Waals surface area contributed by atoms with Crippen molar-refractivity contribution in [3.05, 3.63) is 29.8 Å². The highest BCUT2D eigenvalue weighted by atomic mass is 16.4. The molecule has 0 aliphatic carbocycles. The average Bonchev–Trinajstić information content (AvgIpc) is 2.73. The van der Waals surface area contributed by atoms with Crippen molar-refractivity contribution in [1.29, 1.82) is 0 Å². The van der Waals surface area contributed by atoms with E-state index in [9.17, 15) is 9.59 Å². The zero-order chi connectivity index (χ0) is 24.3. The summed E-state index contributed by atoms with van der Waals surface area (Å²) in [5.74, 6) is -0.141. The second kappa shape index (κ2) is 9.33. The van der Waals surface area contributed by atoms with Crippen LogP contribution in [-0.2, 0) is 4.79 Å². The van der Waals surface area contributed by atoms with E-state index in [1.807, 2.05) is 24.1 Å². The van der Waals surface area contributed by atoms with Crippen LogP contribution in [-0.4, -0.2) is 89.2 Å². The van der Waals surface area contributed by atoms with E-state index < -0.39 is 5.97 Å². The number of nitrogens with two attached hydrogens (primary N) is 2. The van der Waals surface area contributed by atoms with Crippen LogP contribution in [0.3, 0.4) is 0 Å². The third-order valence-corrected chi connectivity index (χ3v) is 5.48. The van der Waals surface area contributed by atoms with E-state index in [0.29, 0.717) is 43.1 Å². The zero-order valence-corrected chi connectivity index (χ0v) is 19.2. The highest BCUT2D eigenvalue weighted by molar-refractivity contribution is 5.96. The van der Waals surface area contributed by atoms with Crippen molar-refractivity contribution in [3.8, 4) is 0 Å². The van der Waals surface area contributed by atoms with Crippen LogP contribution >= 0.6 is 0 Å². The first-order valence-corrected chi connectivity index (χ1v) is 10.5.